The van der Waals surface area contributed by atoms with E-state index < -0.39 is 64.0 Å². The average molecular weight is 305 g/mol. The van der Waals surface area contributed by atoms with Crippen LogP contribution in [0.1, 0.15) is 5.48 Å². The van der Waals surface area contributed by atoms with E-state index in [4.69, 9.17) is 25.0 Å². The fraction of sp³-hybridized carbons (Fsp3) is 0.143. The molecule has 1 aromatic carbocycles. The van der Waals surface area contributed by atoms with Gasteiger partial charge in [-0.2, -0.15) is 4.72 Å². The summed E-state index contributed by atoms with van der Waals surface area (Å²) in [5.41, 5.74) is -0.957. The summed E-state index contributed by atoms with van der Waals surface area (Å²) in [5.74, 6) is 0. The highest BCUT2D eigenvalue weighted by atomic mass is 35.5. The van der Waals surface area contributed by atoms with Crippen molar-refractivity contribution in [3.63, 3.8) is 0 Å². The van der Waals surface area contributed by atoms with Crippen LogP contribution in [-0.2, 0) is 20.0 Å². The lowest BCUT2D eigenvalue weighted by molar-refractivity contribution is 0.581. The molecule has 0 bridgehead atoms. The Kier molecular flexibility index (Phi) is 1.55. The van der Waals surface area contributed by atoms with E-state index >= 15 is 0 Å². The Morgan fingerprint density at radius 3 is 2.82 bits per heavy atom. The number of nitrogens with one attached hydrogen (secondary N) is 2. The third-order valence-electron chi connectivity index (χ3n) is 1.73. The van der Waals surface area contributed by atoms with Gasteiger partial charge in [0.25, 0.3) is 0 Å². The molecule has 0 saturated heterocycles. The van der Waals surface area contributed by atoms with Gasteiger partial charge >= 0.3 is 0 Å². The van der Waals surface area contributed by atoms with Crippen molar-refractivity contribution in [2.24, 2.45) is 5.14 Å². The summed E-state index contributed by atoms with van der Waals surface area (Å²) in [4.78, 5) is -2.37. The molecule has 0 unspecified atom stereocenters. The predicted molar refractivity (Wildman–Crippen MR) is 61.6 cm³/mol. The standard InChI is InChI=1S/C7H8ClN3O4S2/c8-4-1-5-7(2-6(4)16(9,12)13)17(14,15)11-3-10-5/h1-2,10-11H,3H2,(H2,9,12,13)/i1D,2D,3+1D2/hD2. The van der Waals surface area contributed by atoms with Gasteiger partial charge in [0.05, 0.1) is 22.8 Å². The molecule has 0 aliphatic carbocycles. The number of sulfonamides is 2. The van der Waals surface area contributed by atoms with E-state index in [1.807, 2.05) is 0 Å². The summed E-state index contributed by atoms with van der Waals surface area (Å²) in [6, 6.07) is -2.26. The molecule has 0 radical (unpaired) electrons. The molecule has 0 aromatic heterocycles. The quantitative estimate of drug-likeness (QED) is 0.613. The highest BCUT2D eigenvalue weighted by Gasteiger charge is 2.26. The first kappa shape index (κ1) is 6.90. The fourth-order valence-corrected chi connectivity index (χ4v) is 2.95. The van der Waals surface area contributed by atoms with Crippen molar-refractivity contribution in [2.45, 2.75) is 9.79 Å². The maximum Gasteiger partial charge on any atom is 0.244 e. The van der Waals surface area contributed by atoms with Gasteiger partial charge in [0, 0.05) is 0 Å². The number of halogens is 1. The molecule has 17 heavy (non-hydrogen) atoms. The monoisotopic (exact) mass is 304 g/mol. The highest BCUT2D eigenvalue weighted by molar-refractivity contribution is 7.90. The Balaban J connectivity index is 3.13. The first-order valence-electron chi connectivity index (χ1n) is 6.75. The van der Waals surface area contributed by atoms with E-state index in [1.165, 1.54) is 0 Å². The van der Waals surface area contributed by atoms with Gasteiger partial charge in [0.15, 0.2) is 1.41 Å². The maximum absolute atomic E-state index is 12.2. The van der Waals surface area contributed by atoms with E-state index in [9.17, 15) is 16.8 Å². The van der Waals surface area contributed by atoms with Crippen LogP contribution in [0.4, 0.5) is 5.69 Å². The SMILES string of the molecule is [2H]c1c(Cl)c(S(N)(=O)=O)c([2H])c2c1N([2H])[13C]([2H])([2H])N([2H])S2(=O)=O. The minimum atomic E-state index is -5.04. The van der Waals surface area contributed by atoms with E-state index in [0.29, 0.717) is 0 Å². The first-order chi connectivity index (χ1) is 10.2. The molecule has 2 rings (SSSR count). The van der Waals surface area contributed by atoms with Crippen LogP contribution in [0.25, 0.3) is 0 Å². The second-order valence-corrected chi connectivity index (χ2v) is 6.31. The summed E-state index contributed by atoms with van der Waals surface area (Å²) in [5, 5.41) is 3.80. The number of benzene rings is 1. The molecule has 0 atom stereocenters. The molecule has 0 fully saturated rings. The third kappa shape index (κ3) is 2.24. The fourth-order valence-electron chi connectivity index (χ4n) is 1.07. The zero-order valence-electron chi connectivity index (χ0n) is 13.8. The second-order valence-electron chi connectivity index (χ2n) is 2.89. The lowest BCUT2D eigenvalue weighted by Crippen LogP contribution is -2.34. The van der Waals surface area contributed by atoms with Crippen LogP contribution in [0.5, 0.6) is 0 Å². The highest BCUT2D eigenvalue weighted by Crippen LogP contribution is 2.32. The zero-order chi connectivity index (χ0) is 18.1. The Morgan fingerprint density at radius 1 is 1.59 bits per heavy atom. The van der Waals surface area contributed by atoms with E-state index in [0.717, 1.165) is 0 Å². The topological polar surface area (TPSA) is 118 Å². The van der Waals surface area contributed by atoms with Crippen LogP contribution in [0.15, 0.2) is 21.9 Å². The average Bonchev–Trinajstić information content (AvgIpc) is 2.37. The molecule has 1 aliphatic rings. The lowest BCUT2D eigenvalue weighted by Gasteiger charge is -2.20. The molecular formula is C7H8ClN3O4S2. The number of fused-ring (bicyclic) bond motifs is 1. The summed E-state index contributed by atoms with van der Waals surface area (Å²) >= 11 is 5.65. The minimum absolute atomic E-state index is 0.143. The normalized spacial score (nSPS) is 28.0. The number of primary sulfonamides is 1. The molecule has 0 spiro atoms. The smallest absolute Gasteiger partial charge is 0.244 e. The first-order valence-corrected chi connectivity index (χ1v) is 7.22. The van der Waals surface area contributed by atoms with Crippen molar-refractivity contribution >= 4 is 37.3 Å². The van der Waals surface area contributed by atoms with Crippen molar-refractivity contribution in [3.05, 3.63) is 17.1 Å². The van der Waals surface area contributed by atoms with E-state index in [1.54, 1.807) is 0 Å². The van der Waals surface area contributed by atoms with Gasteiger partial charge in [-0.25, -0.2) is 22.0 Å². The van der Waals surface area contributed by atoms with Crippen molar-refractivity contribution in [2.75, 3.05) is 11.9 Å². The van der Waals surface area contributed by atoms with Gasteiger partial charge in [-0.15, -0.1) is 0 Å². The number of anilines is 1. The summed E-state index contributed by atoms with van der Waals surface area (Å²) in [6.07, 6.45) is 0. The molecule has 7 nitrogen and oxygen atoms in total. The van der Waals surface area contributed by atoms with Crippen LogP contribution in [0.2, 0.25) is 7.85 Å². The Labute approximate surface area is 112 Å². The number of rotatable bonds is 1. The van der Waals surface area contributed by atoms with Gasteiger partial charge < -0.3 is 5.31 Å². The zero-order valence-corrected chi connectivity index (χ0v) is 10.2. The van der Waals surface area contributed by atoms with Gasteiger partial charge in [0.1, 0.15) is 11.2 Å². The summed E-state index contributed by atoms with van der Waals surface area (Å²) < 4.78 is 92.3. The van der Waals surface area contributed by atoms with Gasteiger partial charge in [0.2, 0.25) is 20.0 Å². The van der Waals surface area contributed by atoms with Gasteiger partial charge in [-0.3, -0.25) is 0 Å². The molecule has 0 amide bonds. The van der Waals surface area contributed by atoms with Crippen LogP contribution < -0.4 is 15.2 Å². The molecule has 0 saturated carbocycles. The number of hydrogen-bond donors (Lipinski definition) is 3. The molecule has 1 heterocycles. The molecule has 1 aromatic rings. The van der Waals surface area contributed by atoms with Crippen molar-refractivity contribution in [1.82, 2.24) is 4.72 Å². The van der Waals surface area contributed by atoms with Gasteiger partial charge in [-0.1, -0.05) is 11.6 Å². The van der Waals surface area contributed by atoms with Crippen LogP contribution >= 0.6 is 11.6 Å². The van der Waals surface area contributed by atoms with Crippen LogP contribution in [0, 0.1) is 0 Å². The number of hydrogen-bond acceptors (Lipinski definition) is 5. The second kappa shape index (κ2) is 3.82. The van der Waals surface area contributed by atoms with E-state index in [2.05, 4.69) is 0 Å². The van der Waals surface area contributed by atoms with Crippen LogP contribution in [-0.4, -0.2) is 23.5 Å². The lowest BCUT2D eigenvalue weighted by atomic mass is 10.3. The Bertz CT molecular complexity index is 921. The number of nitrogens with two attached hydrogens (primary N) is 1. The summed E-state index contributed by atoms with van der Waals surface area (Å²) in [7, 11) is -9.73. The minimum Gasteiger partial charge on any atom is -0.370 e. The molecular weight excluding hydrogens is 291 g/mol. The predicted octanol–water partition coefficient (Wildman–Crippen LogP) is -0.351. The van der Waals surface area contributed by atoms with Crippen molar-refractivity contribution < 1.29 is 25.1 Å². The molecule has 10 heteroatoms. The molecule has 1 aliphatic heterocycles. The van der Waals surface area contributed by atoms with Gasteiger partial charge in [-0.05, 0) is 12.1 Å². The van der Waals surface area contributed by atoms with Crippen LogP contribution in [0.3, 0.4) is 0 Å². The molecule has 94 valence electrons. The largest absolute Gasteiger partial charge is 0.370 e. The third-order valence-corrected chi connectivity index (χ3v) is 4.14. The van der Waals surface area contributed by atoms with Crippen molar-refractivity contribution in [1.29, 1.82) is 0 Å². The Morgan fingerprint density at radius 2 is 2.24 bits per heavy atom. The van der Waals surface area contributed by atoms with Crippen molar-refractivity contribution in [3.8, 4) is 0 Å². The molecule has 4 N–H and O–H groups in total. The maximum atomic E-state index is 12.2. The van der Waals surface area contributed by atoms with E-state index in [-0.39, 0.29) is 5.31 Å². The Hall–Kier alpha value is -0.870. The summed E-state index contributed by atoms with van der Waals surface area (Å²) in [6.45, 7) is -3.21.